The van der Waals surface area contributed by atoms with Crippen LogP contribution in [0.3, 0.4) is 0 Å². The van der Waals surface area contributed by atoms with E-state index in [0.717, 1.165) is 59.2 Å². The fourth-order valence-corrected chi connectivity index (χ4v) is 5.51. The second kappa shape index (κ2) is 13.1. The van der Waals surface area contributed by atoms with Crippen LogP contribution >= 0.6 is 0 Å². The molecule has 1 aromatic heterocycles. The fourth-order valence-electron chi connectivity index (χ4n) is 5.51. The molecule has 2 unspecified atom stereocenters. The molecular weight excluding hydrogens is 512 g/mol. The van der Waals surface area contributed by atoms with Gasteiger partial charge in [0.1, 0.15) is 12.1 Å². The van der Waals surface area contributed by atoms with Crippen molar-refractivity contribution in [1.29, 1.82) is 0 Å². The lowest BCUT2D eigenvalue weighted by Crippen LogP contribution is -2.45. The van der Waals surface area contributed by atoms with Crippen molar-refractivity contribution >= 4 is 22.8 Å². The van der Waals surface area contributed by atoms with Crippen molar-refractivity contribution in [2.24, 2.45) is 5.92 Å². The molecule has 1 saturated heterocycles. The van der Waals surface area contributed by atoms with E-state index in [1.807, 2.05) is 59.7 Å². The molecule has 1 aliphatic rings. The average Bonchev–Trinajstić information content (AvgIpc) is 3.44. The van der Waals surface area contributed by atoms with Crippen LogP contribution in [0.15, 0.2) is 79.1 Å². The second-order valence-electron chi connectivity index (χ2n) is 11.1. The highest BCUT2D eigenvalue weighted by Gasteiger charge is 2.27. The highest BCUT2D eigenvalue weighted by Crippen LogP contribution is 2.24. The van der Waals surface area contributed by atoms with Crippen LogP contribution in [0, 0.1) is 5.92 Å². The van der Waals surface area contributed by atoms with Gasteiger partial charge in [-0.2, -0.15) is 0 Å². The Morgan fingerprint density at radius 3 is 2.49 bits per heavy atom. The van der Waals surface area contributed by atoms with Crippen molar-refractivity contribution in [3.8, 4) is 11.1 Å². The van der Waals surface area contributed by atoms with Gasteiger partial charge >= 0.3 is 0 Å². The molecule has 4 aromatic rings. The highest BCUT2D eigenvalue weighted by atomic mass is 16.5. The summed E-state index contributed by atoms with van der Waals surface area (Å²) in [4.78, 5) is 32.5. The summed E-state index contributed by atoms with van der Waals surface area (Å²) < 4.78 is 7.80. The molecule has 0 aliphatic carbocycles. The van der Waals surface area contributed by atoms with Crippen LogP contribution in [0.1, 0.15) is 50.8 Å². The number of fused-ring (bicyclic) bond motifs is 1. The fraction of sp³-hybridized carbons (Fsp3) is 0.382. The molecule has 0 saturated carbocycles. The standard InChI is InChI=1S/C34H40N4O3/c1-4-41-32(34(40)37-18-16-24(2)17-19-37)21-26-12-14-28(15-13-26)29-9-7-8-27(20-29)22-35-33(39)25(3)38-23-36-30-10-5-6-11-31(30)38/h5-15,20,23-25,32H,4,16-19,21-22H2,1-3H3,(H,35,39). The quantitative estimate of drug-likeness (QED) is 0.270. The summed E-state index contributed by atoms with van der Waals surface area (Å²) in [7, 11) is 0. The number of carbonyl (C=O) groups is 2. The molecule has 5 rings (SSSR count). The molecule has 0 radical (unpaired) electrons. The van der Waals surface area contributed by atoms with E-state index >= 15 is 0 Å². The first-order valence-corrected chi connectivity index (χ1v) is 14.7. The predicted octanol–water partition coefficient (Wildman–Crippen LogP) is 5.79. The number of aromatic nitrogens is 2. The van der Waals surface area contributed by atoms with Gasteiger partial charge in [0, 0.05) is 32.7 Å². The van der Waals surface area contributed by atoms with E-state index in [4.69, 9.17) is 4.74 Å². The number of hydrogen-bond donors (Lipinski definition) is 1. The topological polar surface area (TPSA) is 76.5 Å². The summed E-state index contributed by atoms with van der Waals surface area (Å²) in [6, 6.07) is 24.0. The van der Waals surface area contributed by atoms with Crippen molar-refractivity contribution in [1.82, 2.24) is 19.8 Å². The van der Waals surface area contributed by atoms with E-state index in [2.05, 4.69) is 53.6 Å². The Kier molecular flexibility index (Phi) is 9.14. The van der Waals surface area contributed by atoms with Crippen molar-refractivity contribution in [2.75, 3.05) is 19.7 Å². The monoisotopic (exact) mass is 552 g/mol. The second-order valence-corrected chi connectivity index (χ2v) is 11.1. The summed E-state index contributed by atoms with van der Waals surface area (Å²) in [6.45, 7) is 8.67. The molecule has 2 amide bonds. The SMILES string of the molecule is CCOC(Cc1ccc(-c2cccc(CNC(=O)C(C)n3cnc4ccccc43)c2)cc1)C(=O)N1CCC(C)CC1. The van der Waals surface area contributed by atoms with Gasteiger partial charge < -0.3 is 19.5 Å². The average molecular weight is 553 g/mol. The number of hydrogen-bond acceptors (Lipinski definition) is 4. The predicted molar refractivity (Wildman–Crippen MR) is 162 cm³/mol. The lowest BCUT2D eigenvalue weighted by molar-refractivity contribution is -0.144. The van der Waals surface area contributed by atoms with Crippen molar-refractivity contribution in [2.45, 2.75) is 58.7 Å². The highest BCUT2D eigenvalue weighted by molar-refractivity contribution is 5.83. The van der Waals surface area contributed by atoms with Crippen LogP contribution in [0.25, 0.3) is 22.2 Å². The van der Waals surface area contributed by atoms with Crippen molar-refractivity contribution < 1.29 is 14.3 Å². The van der Waals surface area contributed by atoms with Gasteiger partial charge in [-0.25, -0.2) is 4.98 Å². The van der Waals surface area contributed by atoms with Gasteiger partial charge in [-0.15, -0.1) is 0 Å². The number of nitrogens with zero attached hydrogens (tertiary/aromatic N) is 3. The minimum absolute atomic E-state index is 0.0552. The Morgan fingerprint density at radius 1 is 0.976 bits per heavy atom. The summed E-state index contributed by atoms with van der Waals surface area (Å²) in [5, 5.41) is 3.08. The van der Waals surface area contributed by atoms with E-state index in [1.54, 1.807) is 6.33 Å². The number of rotatable bonds is 10. The third-order valence-corrected chi connectivity index (χ3v) is 8.12. The van der Waals surface area contributed by atoms with Crippen LogP contribution in [0.5, 0.6) is 0 Å². The zero-order chi connectivity index (χ0) is 28.8. The molecule has 3 aromatic carbocycles. The molecule has 1 fully saturated rings. The Bertz CT molecular complexity index is 1470. The van der Waals surface area contributed by atoms with Gasteiger partial charge in [-0.05, 0) is 73.1 Å². The smallest absolute Gasteiger partial charge is 0.252 e. The molecule has 1 aliphatic heterocycles. The lowest BCUT2D eigenvalue weighted by Gasteiger charge is -2.33. The first-order chi connectivity index (χ1) is 19.9. The van der Waals surface area contributed by atoms with E-state index < -0.39 is 6.10 Å². The molecule has 2 heterocycles. The first kappa shape index (κ1) is 28.6. The molecule has 2 atom stereocenters. The number of ether oxygens (including phenoxy) is 1. The van der Waals surface area contributed by atoms with E-state index in [9.17, 15) is 9.59 Å². The minimum atomic E-state index is -0.450. The maximum absolute atomic E-state index is 13.2. The number of imidazole rings is 1. The summed E-state index contributed by atoms with van der Waals surface area (Å²) in [5.74, 6) is 0.729. The van der Waals surface area contributed by atoms with Gasteiger partial charge in [-0.3, -0.25) is 9.59 Å². The Balaban J connectivity index is 1.20. The first-order valence-electron chi connectivity index (χ1n) is 14.7. The maximum Gasteiger partial charge on any atom is 0.252 e. The number of para-hydroxylation sites is 2. The molecule has 214 valence electrons. The molecule has 0 spiro atoms. The number of likely N-dealkylation sites (tertiary alicyclic amines) is 1. The van der Waals surface area contributed by atoms with Crippen LogP contribution in [0.4, 0.5) is 0 Å². The normalized spacial score (nSPS) is 15.5. The number of nitrogens with one attached hydrogen (secondary N) is 1. The Morgan fingerprint density at radius 2 is 1.73 bits per heavy atom. The maximum atomic E-state index is 13.2. The molecule has 41 heavy (non-hydrogen) atoms. The van der Waals surface area contributed by atoms with Crippen LogP contribution in [0.2, 0.25) is 0 Å². The van der Waals surface area contributed by atoms with Crippen LogP contribution in [-0.4, -0.2) is 52.1 Å². The third-order valence-electron chi connectivity index (χ3n) is 8.12. The Hall–Kier alpha value is -3.97. The van der Waals surface area contributed by atoms with Gasteiger partial charge in [-0.1, -0.05) is 61.5 Å². The lowest BCUT2D eigenvalue weighted by atomic mass is 9.97. The molecular formula is C34H40N4O3. The van der Waals surface area contributed by atoms with E-state index in [1.165, 1.54) is 0 Å². The zero-order valence-electron chi connectivity index (χ0n) is 24.3. The summed E-state index contributed by atoms with van der Waals surface area (Å²) >= 11 is 0. The number of piperidine rings is 1. The molecule has 0 bridgehead atoms. The van der Waals surface area contributed by atoms with Gasteiger partial charge in [0.15, 0.2) is 0 Å². The number of benzene rings is 3. The van der Waals surface area contributed by atoms with Crippen LogP contribution < -0.4 is 5.32 Å². The molecule has 1 N–H and O–H groups in total. The molecule has 7 nitrogen and oxygen atoms in total. The molecule has 7 heteroatoms. The van der Waals surface area contributed by atoms with E-state index in [0.29, 0.717) is 25.5 Å². The summed E-state index contributed by atoms with van der Waals surface area (Å²) in [5.41, 5.74) is 6.10. The van der Waals surface area contributed by atoms with Gasteiger partial charge in [0.05, 0.1) is 17.4 Å². The van der Waals surface area contributed by atoms with Crippen molar-refractivity contribution in [3.05, 3.63) is 90.3 Å². The largest absolute Gasteiger partial charge is 0.368 e. The Labute approximate surface area is 242 Å². The zero-order valence-corrected chi connectivity index (χ0v) is 24.3. The van der Waals surface area contributed by atoms with Crippen molar-refractivity contribution in [3.63, 3.8) is 0 Å². The number of amides is 2. The van der Waals surface area contributed by atoms with Gasteiger partial charge in [0.25, 0.3) is 5.91 Å². The van der Waals surface area contributed by atoms with E-state index in [-0.39, 0.29) is 17.9 Å². The minimum Gasteiger partial charge on any atom is -0.368 e. The third kappa shape index (κ3) is 6.85. The summed E-state index contributed by atoms with van der Waals surface area (Å²) in [6.07, 6.45) is 3.95. The van der Waals surface area contributed by atoms with Gasteiger partial charge in [0.2, 0.25) is 5.91 Å². The van der Waals surface area contributed by atoms with Crippen LogP contribution in [-0.2, 0) is 27.3 Å². The number of carbonyl (C=O) groups excluding carboxylic acids is 2.